The molecule has 0 aromatic heterocycles. The van der Waals surface area contributed by atoms with E-state index in [4.69, 9.17) is 11.8 Å². The van der Waals surface area contributed by atoms with Crippen LogP contribution >= 0.6 is 25.8 Å². The van der Waals surface area contributed by atoms with Crippen LogP contribution < -0.4 is 0 Å². The van der Waals surface area contributed by atoms with Crippen molar-refractivity contribution in [3.8, 4) is 0 Å². The zero-order chi connectivity index (χ0) is 5.70. The van der Waals surface area contributed by atoms with Crippen molar-refractivity contribution >= 4 is 43.5 Å². The Morgan fingerprint density at radius 1 is 1.86 bits per heavy atom. The number of hydrogen-bond acceptors (Lipinski definition) is 2. The van der Waals surface area contributed by atoms with E-state index in [0.29, 0.717) is 0 Å². The normalized spacial score (nSPS) is 10.7. The molecule has 1 unspecified atom stereocenters. The summed E-state index contributed by atoms with van der Waals surface area (Å²) in [5, 5.41) is 0. The summed E-state index contributed by atoms with van der Waals surface area (Å²) in [6.07, 6.45) is 1.11. The fraction of sp³-hybridized carbons (Fsp3) is 1.00. The van der Waals surface area contributed by atoms with Crippen LogP contribution in [-0.2, 0) is 11.8 Å². The van der Waals surface area contributed by atoms with Gasteiger partial charge in [0.25, 0.3) is 0 Å². The minimum atomic E-state index is -0.183. The Labute approximate surface area is 56.8 Å². The van der Waals surface area contributed by atoms with Gasteiger partial charge in [0.2, 0.25) is 0 Å². The third-order valence-electron chi connectivity index (χ3n) is 0.446. The Hall–Kier alpha value is 1.10. The van der Waals surface area contributed by atoms with Crippen molar-refractivity contribution in [2.75, 3.05) is 6.16 Å². The molecule has 0 saturated carbocycles. The molecule has 0 amide bonds. The van der Waals surface area contributed by atoms with Crippen molar-refractivity contribution in [1.29, 1.82) is 0 Å². The minimum absolute atomic E-state index is 0.183. The van der Waals surface area contributed by atoms with Crippen LogP contribution in [0.2, 0.25) is 0 Å². The van der Waals surface area contributed by atoms with Gasteiger partial charge in [-0.2, -0.15) is 0 Å². The molecule has 0 aromatic rings. The van der Waals surface area contributed by atoms with E-state index in [0.717, 1.165) is 6.16 Å². The fourth-order valence-corrected chi connectivity index (χ4v) is 3.19. The van der Waals surface area contributed by atoms with Crippen LogP contribution in [0.5, 0.6) is 0 Å². The molecule has 0 radical (unpaired) electrons. The molecule has 0 fully saturated rings. The molecule has 0 heterocycles. The third-order valence-corrected chi connectivity index (χ3v) is 5.72. The van der Waals surface area contributed by atoms with Crippen LogP contribution in [0, 0.1) is 0 Å². The standard InChI is InChI=1S/C2H5BP2S2/c1-2-5(7)4-3-6/h2H2,1H3. The van der Waals surface area contributed by atoms with Gasteiger partial charge in [0.05, 0.1) is 0 Å². The molecule has 38 valence electrons. The van der Waals surface area contributed by atoms with Crippen LogP contribution in [0.4, 0.5) is 0 Å². The van der Waals surface area contributed by atoms with E-state index >= 15 is 0 Å². The molecule has 5 heteroatoms. The van der Waals surface area contributed by atoms with Gasteiger partial charge in [-0.15, -0.1) is 0 Å². The average Bonchev–Trinajstić information content (AvgIpc) is 1.68. The Bertz CT molecular complexity index is 126. The van der Waals surface area contributed by atoms with Gasteiger partial charge in [-0.05, 0) is 0 Å². The van der Waals surface area contributed by atoms with Crippen molar-refractivity contribution < 1.29 is 0 Å². The molecule has 0 bridgehead atoms. The van der Waals surface area contributed by atoms with Crippen molar-refractivity contribution in [2.24, 2.45) is 0 Å². The molecule has 0 spiro atoms. The fourth-order valence-electron chi connectivity index (χ4n) is 0.134. The first kappa shape index (κ1) is 8.10. The maximum atomic E-state index is 4.99. The molecule has 0 aromatic carbocycles. The third kappa shape index (κ3) is 4.97. The van der Waals surface area contributed by atoms with Gasteiger partial charge in [-0.1, -0.05) is 0 Å². The van der Waals surface area contributed by atoms with Gasteiger partial charge >= 0.3 is 56.6 Å². The van der Waals surface area contributed by atoms with Crippen molar-refractivity contribution in [2.45, 2.75) is 6.92 Å². The van der Waals surface area contributed by atoms with E-state index in [-0.39, 0.29) is 5.98 Å². The van der Waals surface area contributed by atoms with E-state index in [1.54, 1.807) is 5.87 Å². The predicted octanol–water partition coefficient (Wildman–Crippen LogP) is 2.54. The summed E-state index contributed by atoms with van der Waals surface area (Å²) < 4.78 is 0. The SMILES string of the molecule is CCP(=S)=PB=S. The van der Waals surface area contributed by atoms with Crippen molar-refractivity contribution in [3.05, 3.63) is 0 Å². The Kier molecular flexibility index (Phi) is 6.07. The summed E-state index contributed by atoms with van der Waals surface area (Å²) in [5.74, 6) is 1.53. The summed E-state index contributed by atoms with van der Waals surface area (Å²) in [4.78, 5) is 0. The zero-order valence-corrected chi connectivity index (χ0v) is 7.42. The van der Waals surface area contributed by atoms with Crippen molar-refractivity contribution in [3.63, 3.8) is 0 Å². The van der Waals surface area contributed by atoms with Crippen LogP contribution in [0.25, 0.3) is 0 Å². The first-order chi connectivity index (χ1) is 3.31. The molecular weight excluding hydrogens is 161 g/mol. The number of hydrogen-bond donors (Lipinski definition) is 0. The quantitative estimate of drug-likeness (QED) is 0.456. The topological polar surface area (TPSA) is 0 Å². The van der Waals surface area contributed by atoms with Crippen molar-refractivity contribution in [1.82, 2.24) is 0 Å². The molecule has 0 aliphatic heterocycles. The van der Waals surface area contributed by atoms with Gasteiger partial charge in [0, 0.05) is 0 Å². The maximum absolute atomic E-state index is 4.99. The van der Waals surface area contributed by atoms with Gasteiger partial charge < -0.3 is 0 Å². The first-order valence-corrected chi connectivity index (χ1v) is 6.58. The summed E-state index contributed by atoms with van der Waals surface area (Å²) in [6, 6.07) is 0. The molecule has 1 atom stereocenters. The second-order valence-corrected chi connectivity index (χ2v) is 7.58. The van der Waals surface area contributed by atoms with E-state index < -0.39 is 0 Å². The van der Waals surface area contributed by atoms with Crippen LogP contribution in [0.3, 0.4) is 0 Å². The van der Waals surface area contributed by atoms with Crippen LogP contribution in [0.15, 0.2) is 0 Å². The van der Waals surface area contributed by atoms with Crippen LogP contribution in [0.1, 0.15) is 6.92 Å². The Morgan fingerprint density at radius 3 is 2.57 bits per heavy atom. The average molecular weight is 166 g/mol. The second-order valence-electron chi connectivity index (χ2n) is 0.889. The zero-order valence-electron chi connectivity index (χ0n) is 4.00. The van der Waals surface area contributed by atoms with E-state index in [1.807, 2.05) is 0 Å². The second kappa shape index (κ2) is 5.25. The molecule has 0 aliphatic carbocycles. The molecule has 0 aliphatic rings. The van der Waals surface area contributed by atoms with Gasteiger partial charge in [0.1, 0.15) is 0 Å². The summed E-state index contributed by atoms with van der Waals surface area (Å²) in [6.45, 7) is 2.10. The van der Waals surface area contributed by atoms with Gasteiger partial charge in [0.15, 0.2) is 0 Å². The van der Waals surface area contributed by atoms with E-state index in [9.17, 15) is 0 Å². The first-order valence-electron chi connectivity index (χ1n) is 1.90. The van der Waals surface area contributed by atoms with E-state index in [2.05, 4.69) is 19.0 Å². The van der Waals surface area contributed by atoms with Gasteiger partial charge in [-0.25, -0.2) is 0 Å². The van der Waals surface area contributed by atoms with E-state index in [1.165, 1.54) is 7.75 Å². The molecule has 0 rings (SSSR count). The molecular formula is C2H5BP2S2. The van der Waals surface area contributed by atoms with Crippen LogP contribution in [-0.4, -0.2) is 12.0 Å². The molecule has 0 N–H and O–H groups in total. The summed E-state index contributed by atoms with van der Waals surface area (Å²) >= 11 is 9.60. The monoisotopic (exact) mass is 166 g/mol. The Morgan fingerprint density at radius 2 is 2.43 bits per heavy atom. The Balaban J connectivity index is 3.75. The summed E-state index contributed by atoms with van der Waals surface area (Å²) in [7, 11) is 1.18. The molecule has 7 heavy (non-hydrogen) atoms. The number of rotatable bonds is 2. The molecule has 0 nitrogen and oxygen atoms in total. The summed E-state index contributed by atoms with van der Waals surface area (Å²) in [5.41, 5.74) is 0. The van der Waals surface area contributed by atoms with Gasteiger partial charge in [-0.3, -0.25) is 0 Å². The molecule has 0 saturated heterocycles. The predicted molar refractivity (Wildman–Crippen MR) is 45.1 cm³/mol.